The van der Waals surface area contributed by atoms with Crippen molar-refractivity contribution in [3.8, 4) is 0 Å². The van der Waals surface area contributed by atoms with Crippen molar-refractivity contribution in [1.29, 1.82) is 0 Å². The van der Waals surface area contributed by atoms with Crippen LogP contribution in [-0.4, -0.2) is 36.1 Å². The van der Waals surface area contributed by atoms with Gasteiger partial charge in [0.2, 0.25) is 11.0 Å². The van der Waals surface area contributed by atoms with Gasteiger partial charge in [0.25, 0.3) is 0 Å². The molecule has 1 N–H and O–H groups in total. The number of rotatable bonds is 5. The third-order valence-corrected chi connectivity index (χ3v) is 4.77. The van der Waals surface area contributed by atoms with Crippen LogP contribution in [0.2, 0.25) is 0 Å². The van der Waals surface area contributed by atoms with Crippen molar-refractivity contribution in [3.63, 3.8) is 0 Å². The Bertz CT molecular complexity index is 593. The Kier molecular flexibility index (Phi) is 4.71. The lowest BCUT2D eigenvalue weighted by molar-refractivity contribution is -0.115. The fraction of sp³-hybridized carbons (Fsp3) is 0.545. The molecule has 0 bridgehead atoms. The highest BCUT2D eigenvalue weighted by molar-refractivity contribution is 8.00. The second-order valence-corrected chi connectivity index (χ2v) is 6.89. The second kappa shape index (κ2) is 6.31. The molecule has 0 aliphatic carbocycles. The van der Waals surface area contributed by atoms with Crippen molar-refractivity contribution in [2.75, 3.05) is 5.32 Å². The smallest absolute Gasteiger partial charge is 0.239 e. The molecule has 0 fully saturated rings. The molecule has 0 spiro atoms. The van der Waals surface area contributed by atoms with Crippen LogP contribution in [-0.2, 0) is 11.8 Å². The van der Waals surface area contributed by atoms with Crippen LogP contribution in [0.15, 0.2) is 11.5 Å². The molecule has 7 nitrogen and oxygen atoms in total. The first-order valence-electron chi connectivity index (χ1n) is 6.12. The maximum atomic E-state index is 12.1. The Morgan fingerprint density at radius 2 is 2.10 bits per heavy atom. The summed E-state index contributed by atoms with van der Waals surface area (Å²) in [5, 5.41) is 20.4. The van der Waals surface area contributed by atoms with E-state index in [1.165, 1.54) is 23.1 Å². The predicted octanol–water partition coefficient (Wildman–Crippen LogP) is 1.91. The number of nitrogens with zero attached hydrogens (tertiary/aromatic N) is 5. The van der Waals surface area contributed by atoms with Gasteiger partial charge in [-0.25, -0.2) is 0 Å². The van der Waals surface area contributed by atoms with E-state index >= 15 is 0 Å². The van der Waals surface area contributed by atoms with E-state index in [0.29, 0.717) is 16.2 Å². The van der Waals surface area contributed by atoms with Gasteiger partial charge in [0.1, 0.15) is 11.3 Å². The normalized spacial score (nSPS) is 12.7. The number of hydrogen-bond donors (Lipinski definition) is 1. The first kappa shape index (κ1) is 14.9. The topological polar surface area (TPSA) is 85.6 Å². The van der Waals surface area contributed by atoms with E-state index in [1.54, 1.807) is 10.9 Å². The molecule has 0 saturated carbocycles. The lowest BCUT2D eigenvalue weighted by Gasteiger charge is -2.08. The predicted molar refractivity (Wildman–Crippen MR) is 78.9 cm³/mol. The number of aromatic nitrogens is 5. The summed E-state index contributed by atoms with van der Waals surface area (Å²) in [6, 6.07) is 0. The molecule has 2 aromatic heterocycles. The maximum Gasteiger partial charge on any atom is 0.239 e. The van der Waals surface area contributed by atoms with E-state index in [0.717, 1.165) is 5.01 Å². The summed E-state index contributed by atoms with van der Waals surface area (Å²) in [7, 11) is 1.84. The Hall–Kier alpha value is -1.48. The quantitative estimate of drug-likeness (QED) is 0.849. The van der Waals surface area contributed by atoms with Gasteiger partial charge >= 0.3 is 0 Å². The fourth-order valence-corrected chi connectivity index (χ4v) is 2.85. The molecule has 0 aliphatic heterocycles. The molecule has 108 valence electrons. The first-order valence-corrected chi connectivity index (χ1v) is 7.82. The third-order valence-electron chi connectivity index (χ3n) is 2.49. The van der Waals surface area contributed by atoms with Gasteiger partial charge in [-0.05, 0) is 6.92 Å². The van der Waals surface area contributed by atoms with Crippen LogP contribution in [0.1, 0.15) is 31.7 Å². The minimum absolute atomic E-state index is 0.121. The third kappa shape index (κ3) is 3.54. The van der Waals surface area contributed by atoms with Crippen LogP contribution in [0.5, 0.6) is 0 Å². The number of nitrogens with one attached hydrogen (secondary N) is 1. The zero-order valence-electron chi connectivity index (χ0n) is 11.7. The highest BCUT2D eigenvalue weighted by atomic mass is 32.2. The molecule has 0 radical (unpaired) electrons. The number of carbonyl (C=O) groups is 1. The zero-order chi connectivity index (χ0) is 14.7. The molecule has 1 amide bonds. The standard InChI is InChI=1S/C11H16N6OS2/c1-6(2)9-14-15-10(20-9)13-8(18)7(3)19-11-16-12-5-17(11)4/h5-7H,1-4H3,(H,13,15,18)/t7-/m1/s1. The van der Waals surface area contributed by atoms with Crippen molar-refractivity contribution in [2.24, 2.45) is 7.05 Å². The van der Waals surface area contributed by atoms with E-state index < -0.39 is 0 Å². The van der Waals surface area contributed by atoms with Crippen LogP contribution in [0.3, 0.4) is 0 Å². The van der Waals surface area contributed by atoms with Crippen molar-refractivity contribution in [3.05, 3.63) is 11.3 Å². The van der Waals surface area contributed by atoms with E-state index in [4.69, 9.17) is 0 Å². The minimum atomic E-state index is -0.288. The van der Waals surface area contributed by atoms with E-state index in [-0.39, 0.29) is 11.2 Å². The Labute approximate surface area is 125 Å². The SMILES string of the molecule is CC(C)c1nnc(NC(=O)[C@@H](C)Sc2nncn2C)s1. The Morgan fingerprint density at radius 3 is 2.65 bits per heavy atom. The highest BCUT2D eigenvalue weighted by Gasteiger charge is 2.19. The molecular weight excluding hydrogens is 296 g/mol. The number of thioether (sulfide) groups is 1. The molecule has 0 aromatic carbocycles. The number of hydrogen-bond acceptors (Lipinski definition) is 7. The largest absolute Gasteiger partial charge is 0.312 e. The van der Waals surface area contributed by atoms with E-state index in [2.05, 4.69) is 25.7 Å². The van der Waals surface area contributed by atoms with Gasteiger partial charge in [-0.15, -0.1) is 20.4 Å². The summed E-state index contributed by atoms with van der Waals surface area (Å²) in [6.45, 7) is 5.90. The number of amides is 1. The van der Waals surface area contributed by atoms with Gasteiger partial charge in [0.15, 0.2) is 5.16 Å². The van der Waals surface area contributed by atoms with Crippen LogP contribution in [0, 0.1) is 0 Å². The summed E-state index contributed by atoms with van der Waals surface area (Å²) in [4.78, 5) is 12.1. The summed E-state index contributed by atoms with van der Waals surface area (Å²) in [6.07, 6.45) is 1.60. The summed E-state index contributed by atoms with van der Waals surface area (Å²) in [5.41, 5.74) is 0. The van der Waals surface area contributed by atoms with Crippen LogP contribution in [0.25, 0.3) is 0 Å². The van der Waals surface area contributed by atoms with Gasteiger partial charge in [0.05, 0.1) is 5.25 Å². The van der Waals surface area contributed by atoms with Crippen molar-refractivity contribution >= 4 is 34.1 Å². The lowest BCUT2D eigenvalue weighted by Crippen LogP contribution is -2.22. The van der Waals surface area contributed by atoms with Crippen molar-refractivity contribution in [1.82, 2.24) is 25.0 Å². The minimum Gasteiger partial charge on any atom is -0.312 e. The molecule has 0 saturated heterocycles. The lowest BCUT2D eigenvalue weighted by atomic mass is 10.2. The van der Waals surface area contributed by atoms with Crippen LogP contribution in [0.4, 0.5) is 5.13 Å². The maximum absolute atomic E-state index is 12.1. The molecule has 2 rings (SSSR count). The van der Waals surface area contributed by atoms with Gasteiger partial charge in [0, 0.05) is 13.0 Å². The van der Waals surface area contributed by atoms with Gasteiger partial charge in [-0.3, -0.25) is 10.1 Å². The first-order chi connectivity index (χ1) is 9.47. The van der Waals surface area contributed by atoms with E-state index in [1.807, 2.05) is 27.8 Å². The number of aryl methyl sites for hydroxylation is 1. The van der Waals surface area contributed by atoms with Crippen LogP contribution >= 0.6 is 23.1 Å². The molecule has 9 heteroatoms. The van der Waals surface area contributed by atoms with Crippen molar-refractivity contribution < 1.29 is 4.79 Å². The number of anilines is 1. The molecule has 20 heavy (non-hydrogen) atoms. The molecule has 0 aliphatic rings. The zero-order valence-corrected chi connectivity index (χ0v) is 13.3. The Morgan fingerprint density at radius 1 is 1.35 bits per heavy atom. The summed E-state index contributed by atoms with van der Waals surface area (Å²) < 4.78 is 1.77. The monoisotopic (exact) mass is 312 g/mol. The Balaban J connectivity index is 1.95. The molecule has 1 atom stereocenters. The highest BCUT2D eigenvalue weighted by Crippen LogP contribution is 2.24. The number of carbonyl (C=O) groups excluding carboxylic acids is 1. The van der Waals surface area contributed by atoms with E-state index in [9.17, 15) is 4.79 Å². The molecule has 2 aromatic rings. The second-order valence-electron chi connectivity index (χ2n) is 4.57. The molecular formula is C11H16N6OS2. The van der Waals surface area contributed by atoms with Crippen LogP contribution < -0.4 is 5.32 Å². The summed E-state index contributed by atoms with van der Waals surface area (Å²) in [5.74, 6) is 0.188. The summed E-state index contributed by atoms with van der Waals surface area (Å²) >= 11 is 2.75. The van der Waals surface area contributed by atoms with Crippen molar-refractivity contribution in [2.45, 2.75) is 37.1 Å². The average Bonchev–Trinajstić information content (AvgIpc) is 2.99. The van der Waals surface area contributed by atoms with Gasteiger partial charge in [-0.2, -0.15) is 0 Å². The molecule has 0 unspecified atom stereocenters. The van der Waals surface area contributed by atoms with Gasteiger partial charge in [-0.1, -0.05) is 36.9 Å². The fourth-order valence-electron chi connectivity index (χ4n) is 1.32. The average molecular weight is 312 g/mol. The van der Waals surface area contributed by atoms with Gasteiger partial charge < -0.3 is 4.57 Å². The molecule has 2 heterocycles.